The minimum absolute atomic E-state index is 0.242. The largest absolute Gasteiger partial charge is 0.481 e. The van der Waals surface area contributed by atoms with E-state index in [4.69, 9.17) is 10.8 Å². The topological polar surface area (TPSA) is 92.4 Å². The Hall–Kier alpha value is -1.88. The predicted molar refractivity (Wildman–Crippen MR) is 72.4 cm³/mol. The molecular weight excluding hydrogens is 244 g/mol. The van der Waals surface area contributed by atoms with Gasteiger partial charge in [0.1, 0.15) is 6.04 Å². The Balaban J connectivity index is 2.30. The maximum Gasteiger partial charge on any atom is 0.306 e. The molecule has 0 heterocycles. The van der Waals surface area contributed by atoms with Crippen molar-refractivity contribution < 1.29 is 14.7 Å². The van der Waals surface area contributed by atoms with Gasteiger partial charge in [0.25, 0.3) is 0 Å². The van der Waals surface area contributed by atoms with Gasteiger partial charge in [-0.05, 0) is 18.4 Å². The summed E-state index contributed by atoms with van der Waals surface area (Å²) in [5, 5.41) is 11.4. The van der Waals surface area contributed by atoms with Gasteiger partial charge in [-0.25, -0.2) is 0 Å². The number of carboxylic acid groups (broad SMARTS) is 1. The lowest BCUT2D eigenvalue weighted by molar-refractivity contribution is -0.141. The lowest BCUT2D eigenvalue weighted by Crippen LogP contribution is -2.34. The van der Waals surface area contributed by atoms with E-state index in [1.807, 2.05) is 18.2 Å². The Morgan fingerprint density at radius 1 is 1.32 bits per heavy atom. The molecular formula is C14H20N2O3. The van der Waals surface area contributed by atoms with Gasteiger partial charge in [0.15, 0.2) is 0 Å². The van der Waals surface area contributed by atoms with E-state index < -0.39 is 12.0 Å². The molecule has 0 fully saturated rings. The molecule has 104 valence electrons. The van der Waals surface area contributed by atoms with E-state index in [-0.39, 0.29) is 11.8 Å². The zero-order valence-corrected chi connectivity index (χ0v) is 11.0. The van der Waals surface area contributed by atoms with Crippen molar-refractivity contribution >= 4 is 11.9 Å². The molecule has 1 aromatic rings. The van der Waals surface area contributed by atoms with Crippen LogP contribution in [0.5, 0.6) is 0 Å². The normalized spacial score (nSPS) is 13.6. The number of amides is 1. The third-order valence-corrected chi connectivity index (χ3v) is 2.98. The van der Waals surface area contributed by atoms with Crippen LogP contribution in [0.1, 0.15) is 31.4 Å². The van der Waals surface area contributed by atoms with Crippen LogP contribution < -0.4 is 11.1 Å². The molecule has 0 saturated heterocycles. The van der Waals surface area contributed by atoms with Gasteiger partial charge in [0.2, 0.25) is 5.91 Å². The van der Waals surface area contributed by atoms with Crippen molar-refractivity contribution in [3.63, 3.8) is 0 Å². The van der Waals surface area contributed by atoms with Crippen molar-refractivity contribution in [2.75, 3.05) is 6.54 Å². The molecule has 0 aliphatic rings. The molecule has 0 spiro atoms. The minimum Gasteiger partial charge on any atom is -0.481 e. The summed E-state index contributed by atoms with van der Waals surface area (Å²) in [7, 11) is 0. The summed E-state index contributed by atoms with van der Waals surface area (Å²) in [5.41, 5.74) is 6.59. The van der Waals surface area contributed by atoms with Gasteiger partial charge in [-0.15, -0.1) is 0 Å². The molecule has 1 aromatic carbocycles. The smallest absolute Gasteiger partial charge is 0.306 e. The molecule has 0 saturated carbocycles. The molecule has 19 heavy (non-hydrogen) atoms. The Morgan fingerprint density at radius 3 is 2.53 bits per heavy atom. The number of nitrogens with two attached hydrogens (primary N) is 1. The van der Waals surface area contributed by atoms with E-state index in [0.29, 0.717) is 19.4 Å². The van der Waals surface area contributed by atoms with Crippen LogP contribution in [0.15, 0.2) is 30.3 Å². The van der Waals surface area contributed by atoms with E-state index in [2.05, 4.69) is 5.32 Å². The molecule has 2 unspecified atom stereocenters. The fourth-order valence-corrected chi connectivity index (χ4v) is 1.67. The van der Waals surface area contributed by atoms with E-state index in [1.54, 1.807) is 19.1 Å². The van der Waals surface area contributed by atoms with Crippen molar-refractivity contribution in [1.82, 2.24) is 5.32 Å². The first kappa shape index (κ1) is 15.2. The average Bonchev–Trinajstić information content (AvgIpc) is 2.43. The first-order valence-electron chi connectivity index (χ1n) is 6.33. The second-order valence-electron chi connectivity index (χ2n) is 4.56. The van der Waals surface area contributed by atoms with Crippen molar-refractivity contribution in [2.24, 2.45) is 11.7 Å². The SMILES string of the molecule is CC(CCCNC(=O)C(N)c1ccccc1)C(=O)O. The average molecular weight is 264 g/mol. The van der Waals surface area contributed by atoms with E-state index in [9.17, 15) is 9.59 Å². The Kier molecular flexibility index (Phi) is 6.02. The predicted octanol–water partition coefficient (Wildman–Crippen LogP) is 1.30. The lowest BCUT2D eigenvalue weighted by atomic mass is 10.1. The third kappa shape index (κ3) is 5.09. The molecule has 0 aromatic heterocycles. The molecule has 0 radical (unpaired) electrons. The number of nitrogens with one attached hydrogen (secondary N) is 1. The molecule has 0 aliphatic carbocycles. The second-order valence-corrected chi connectivity index (χ2v) is 4.56. The minimum atomic E-state index is -0.813. The number of hydrogen-bond donors (Lipinski definition) is 3. The highest BCUT2D eigenvalue weighted by molar-refractivity contribution is 5.82. The van der Waals surface area contributed by atoms with Crippen molar-refractivity contribution in [3.8, 4) is 0 Å². The summed E-state index contributed by atoms with van der Waals surface area (Å²) in [6, 6.07) is 8.45. The standard InChI is InChI=1S/C14H20N2O3/c1-10(14(18)19)6-5-9-16-13(17)12(15)11-7-3-2-4-8-11/h2-4,7-8,10,12H,5-6,9,15H2,1H3,(H,16,17)(H,18,19). The van der Waals surface area contributed by atoms with Gasteiger partial charge in [-0.2, -0.15) is 0 Å². The summed E-state index contributed by atoms with van der Waals surface area (Å²) < 4.78 is 0. The molecule has 2 atom stereocenters. The van der Waals surface area contributed by atoms with Gasteiger partial charge in [-0.1, -0.05) is 37.3 Å². The molecule has 0 aliphatic heterocycles. The fraction of sp³-hybridized carbons (Fsp3) is 0.429. The van der Waals surface area contributed by atoms with Crippen LogP contribution in [0, 0.1) is 5.92 Å². The number of carbonyl (C=O) groups excluding carboxylic acids is 1. The highest BCUT2D eigenvalue weighted by Gasteiger charge is 2.15. The Labute approximate surface area is 112 Å². The number of hydrogen-bond acceptors (Lipinski definition) is 3. The van der Waals surface area contributed by atoms with Crippen molar-refractivity contribution in [2.45, 2.75) is 25.8 Å². The van der Waals surface area contributed by atoms with Crippen LogP contribution in [-0.4, -0.2) is 23.5 Å². The first-order chi connectivity index (χ1) is 9.02. The second kappa shape index (κ2) is 7.53. The molecule has 1 rings (SSSR count). The van der Waals surface area contributed by atoms with E-state index in [0.717, 1.165) is 5.56 Å². The van der Waals surface area contributed by atoms with Crippen LogP contribution in [0.2, 0.25) is 0 Å². The summed E-state index contributed by atoms with van der Waals surface area (Å²) in [6.45, 7) is 2.09. The Morgan fingerprint density at radius 2 is 1.95 bits per heavy atom. The maximum absolute atomic E-state index is 11.8. The van der Waals surface area contributed by atoms with E-state index >= 15 is 0 Å². The summed E-state index contributed by atoms with van der Waals surface area (Å²) >= 11 is 0. The fourth-order valence-electron chi connectivity index (χ4n) is 1.67. The number of aliphatic carboxylic acids is 1. The maximum atomic E-state index is 11.8. The zero-order valence-electron chi connectivity index (χ0n) is 11.0. The quantitative estimate of drug-likeness (QED) is 0.647. The summed E-state index contributed by atoms with van der Waals surface area (Å²) in [4.78, 5) is 22.4. The molecule has 0 bridgehead atoms. The number of benzene rings is 1. The first-order valence-corrected chi connectivity index (χ1v) is 6.33. The van der Waals surface area contributed by atoms with Gasteiger partial charge in [0, 0.05) is 6.54 Å². The monoisotopic (exact) mass is 264 g/mol. The Bertz CT molecular complexity index is 420. The van der Waals surface area contributed by atoms with Gasteiger partial charge in [0.05, 0.1) is 5.92 Å². The van der Waals surface area contributed by atoms with E-state index in [1.165, 1.54) is 0 Å². The highest BCUT2D eigenvalue weighted by atomic mass is 16.4. The van der Waals surface area contributed by atoms with Crippen LogP contribution in [0.3, 0.4) is 0 Å². The number of rotatable bonds is 7. The van der Waals surface area contributed by atoms with Gasteiger partial charge < -0.3 is 16.2 Å². The van der Waals surface area contributed by atoms with Crippen LogP contribution >= 0.6 is 0 Å². The summed E-state index contributed by atoms with van der Waals surface area (Å²) in [6.07, 6.45) is 1.16. The number of carbonyl (C=O) groups is 2. The zero-order chi connectivity index (χ0) is 14.3. The molecule has 4 N–H and O–H groups in total. The highest BCUT2D eigenvalue weighted by Crippen LogP contribution is 2.09. The van der Waals surface area contributed by atoms with Crippen LogP contribution in [0.25, 0.3) is 0 Å². The molecule has 5 nitrogen and oxygen atoms in total. The van der Waals surface area contributed by atoms with Gasteiger partial charge >= 0.3 is 5.97 Å². The lowest BCUT2D eigenvalue weighted by Gasteiger charge is -2.13. The summed E-state index contributed by atoms with van der Waals surface area (Å²) in [5.74, 6) is -1.44. The van der Waals surface area contributed by atoms with Crippen molar-refractivity contribution in [1.29, 1.82) is 0 Å². The number of carboxylic acids is 1. The third-order valence-electron chi connectivity index (χ3n) is 2.98. The van der Waals surface area contributed by atoms with Crippen LogP contribution in [0.4, 0.5) is 0 Å². The molecule has 5 heteroatoms. The van der Waals surface area contributed by atoms with Crippen molar-refractivity contribution in [3.05, 3.63) is 35.9 Å². The van der Waals surface area contributed by atoms with Crippen LogP contribution in [-0.2, 0) is 9.59 Å². The van der Waals surface area contributed by atoms with Gasteiger partial charge in [-0.3, -0.25) is 9.59 Å². The molecule has 1 amide bonds.